The van der Waals surface area contributed by atoms with Crippen molar-refractivity contribution in [1.29, 1.82) is 0 Å². The van der Waals surface area contributed by atoms with Crippen molar-refractivity contribution in [2.24, 2.45) is 0 Å². The molecular weight excluding hydrogens is 251 g/mol. The molecule has 0 amide bonds. The number of thiophene rings is 1. The molecule has 0 radical (unpaired) electrons. The Balaban J connectivity index is 3.36. The number of halogens is 3. The van der Waals surface area contributed by atoms with Gasteiger partial charge in [0.15, 0.2) is 4.21 Å². The van der Waals surface area contributed by atoms with Gasteiger partial charge in [-0.1, -0.05) is 23.2 Å². The SMILES string of the molecule is O=S(=O)(Cl)c1sc(Cl)cc1Cl. The van der Waals surface area contributed by atoms with Crippen molar-refractivity contribution in [3.63, 3.8) is 0 Å². The van der Waals surface area contributed by atoms with Crippen LogP contribution < -0.4 is 0 Å². The highest BCUT2D eigenvalue weighted by atomic mass is 35.7. The third-order valence-corrected chi connectivity index (χ3v) is 4.74. The lowest BCUT2D eigenvalue weighted by atomic mass is 10.7. The van der Waals surface area contributed by atoms with Crippen molar-refractivity contribution in [3.8, 4) is 0 Å². The molecule has 0 spiro atoms. The molecule has 7 heteroatoms. The minimum absolute atomic E-state index is 0.0648. The average molecular weight is 252 g/mol. The molecule has 2 nitrogen and oxygen atoms in total. The number of hydrogen-bond acceptors (Lipinski definition) is 3. The fourth-order valence-electron chi connectivity index (χ4n) is 0.492. The van der Waals surface area contributed by atoms with E-state index in [0.717, 1.165) is 11.3 Å². The molecule has 1 aromatic rings. The Bertz CT molecular complexity index is 367. The van der Waals surface area contributed by atoms with Gasteiger partial charge in [-0.25, -0.2) is 8.42 Å². The van der Waals surface area contributed by atoms with Crippen LogP contribution in [0, 0.1) is 0 Å². The topological polar surface area (TPSA) is 34.1 Å². The number of rotatable bonds is 1. The van der Waals surface area contributed by atoms with E-state index in [9.17, 15) is 8.42 Å². The molecule has 0 aromatic carbocycles. The van der Waals surface area contributed by atoms with E-state index in [4.69, 9.17) is 33.9 Å². The van der Waals surface area contributed by atoms with Gasteiger partial charge in [0.25, 0.3) is 9.05 Å². The first-order valence-electron chi connectivity index (χ1n) is 2.31. The highest BCUT2D eigenvalue weighted by Crippen LogP contribution is 2.35. The quantitative estimate of drug-likeness (QED) is 0.719. The fraction of sp³-hybridized carbons (Fsp3) is 0. The van der Waals surface area contributed by atoms with Gasteiger partial charge < -0.3 is 0 Å². The molecule has 0 aliphatic heterocycles. The van der Waals surface area contributed by atoms with E-state index in [1.54, 1.807) is 0 Å². The summed E-state index contributed by atoms with van der Waals surface area (Å²) in [6.45, 7) is 0. The maximum Gasteiger partial charge on any atom is 0.272 e. The van der Waals surface area contributed by atoms with Crippen molar-refractivity contribution < 1.29 is 8.42 Å². The van der Waals surface area contributed by atoms with Crippen molar-refractivity contribution in [1.82, 2.24) is 0 Å². The molecule has 0 unspecified atom stereocenters. The second kappa shape index (κ2) is 3.11. The van der Waals surface area contributed by atoms with Crippen LogP contribution >= 0.6 is 45.2 Å². The molecule has 0 aliphatic rings. The summed E-state index contributed by atoms with van der Waals surface area (Å²) in [5, 5.41) is 0.0648. The summed E-state index contributed by atoms with van der Waals surface area (Å²) in [7, 11) is 1.28. The second-order valence-electron chi connectivity index (χ2n) is 1.62. The standard InChI is InChI=1S/C4HCl3O2S2/c5-2-1-3(6)10-4(2)11(7,8)9/h1H. The maximum atomic E-state index is 10.7. The molecular formula is C4HCl3O2S2. The summed E-state index contributed by atoms with van der Waals surface area (Å²) in [4.78, 5) is 0. The van der Waals surface area contributed by atoms with Crippen LogP contribution in [0.1, 0.15) is 0 Å². The molecule has 0 N–H and O–H groups in total. The molecule has 0 bridgehead atoms. The lowest BCUT2D eigenvalue weighted by molar-refractivity contribution is 0.611. The summed E-state index contributed by atoms with van der Waals surface area (Å²) in [6, 6.07) is 1.34. The predicted molar refractivity (Wildman–Crippen MR) is 47.4 cm³/mol. The summed E-state index contributed by atoms with van der Waals surface area (Å²) in [5.74, 6) is 0. The van der Waals surface area contributed by atoms with Crippen LogP contribution in [0.4, 0.5) is 0 Å². The van der Waals surface area contributed by atoms with Crippen LogP contribution in [0.25, 0.3) is 0 Å². The first-order chi connectivity index (χ1) is 4.91. The number of hydrogen-bond donors (Lipinski definition) is 0. The van der Waals surface area contributed by atoms with E-state index >= 15 is 0 Å². The Labute approximate surface area is 82.1 Å². The summed E-state index contributed by atoms with van der Waals surface area (Å²) in [6.07, 6.45) is 0. The third-order valence-electron chi connectivity index (χ3n) is 0.847. The normalized spacial score (nSPS) is 11.9. The van der Waals surface area contributed by atoms with Crippen LogP contribution in [0.2, 0.25) is 9.36 Å². The van der Waals surface area contributed by atoms with E-state index in [1.807, 2.05) is 0 Å². The molecule has 11 heavy (non-hydrogen) atoms. The van der Waals surface area contributed by atoms with Gasteiger partial charge in [-0.05, 0) is 6.07 Å². The van der Waals surface area contributed by atoms with E-state index in [0.29, 0.717) is 4.34 Å². The van der Waals surface area contributed by atoms with Gasteiger partial charge in [0.1, 0.15) is 0 Å². The molecule has 0 aliphatic carbocycles. The molecule has 0 atom stereocenters. The summed E-state index contributed by atoms with van der Waals surface area (Å²) >= 11 is 11.8. The van der Waals surface area contributed by atoms with Gasteiger partial charge in [-0.15, -0.1) is 11.3 Å². The Morgan fingerprint density at radius 2 is 1.91 bits per heavy atom. The van der Waals surface area contributed by atoms with Crippen LogP contribution in [0.15, 0.2) is 10.3 Å². The third kappa shape index (κ3) is 2.23. The molecule has 0 saturated heterocycles. The maximum absolute atomic E-state index is 10.7. The molecule has 1 heterocycles. The van der Waals surface area contributed by atoms with E-state index < -0.39 is 9.05 Å². The second-order valence-corrected chi connectivity index (χ2v) is 6.48. The first kappa shape index (κ1) is 9.61. The minimum Gasteiger partial charge on any atom is -0.206 e. The summed E-state index contributed by atoms with van der Waals surface area (Å²) < 4.78 is 21.6. The van der Waals surface area contributed by atoms with E-state index in [2.05, 4.69) is 0 Å². The van der Waals surface area contributed by atoms with Crippen molar-refractivity contribution in [3.05, 3.63) is 15.4 Å². The van der Waals surface area contributed by atoms with Gasteiger partial charge in [0, 0.05) is 10.7 Å². The average Bonchev–Trinajstić information content (AvgIpc) is 2.08. The molecule has 1 rings (SSSR count). The zero-order chi connectivity index (χ0) is 8.65. The predicted octanol–water partition coefficient (Wildman–Crippen LogP) is 2.98. The van der Waals surface area contributed by atoms with Gasteiger partial charge in [0.05, 0.1) is 9.36 Å². The Morgan fingerprint density at radius 3 is 2.09 bits per heavy atom. The Morgan fingerprint density at radius 1 is 1.36 bits per heavy atom. The molecule has 1 aromatic heterocycles. The fourth-order valence-corrected chi connectivity index (χ4v) is 3.74. The van der Waals surface area contributed by atoms with Gasteiger partial charge in [-0.3, -0.25) is 0 Å². The minimum atomic E-state index is -3.74. The Kier molecular flexibility index (Phi) is 2.71. The smallest absolute Gasteiger partial charge is 0.206 e. The highest BCUT2D eigenvalue weighted by Gasteiger charge is 2.18. The van der Waals surface area contributed by atoms with E-state index in [1.165, 1.54) is 6.07 Å². The van der Waals surface area contributed by atoms with Crippen LogP contribution in [-0.2, 0) is 9.05 Å². The molecule has 0 saturated carbocycles. The van der Waals surface area contributed by atoms with Crippen LogP contribution in [-0.4, -0.2) is 8.42 Å². The monoisotopic (exact) mass is 250 g/mol. The van der Waals surface area contributed by atoms with Crippen LogP contribution in [0.5, 0.6) is 0 Å². The summed E-state index contributed by atoms with van der Waals surface area (Å²) in [5.41, 5.74) is 0. The van der Waals surface area contributed by atoms with Gasteiger partial charge in [-0.2, -0.15) is 0 Å². The largest absolute Gasteiger partial charge is 0.272 e. The lowest BCUT2D eigenvalue weighted by Crippen LogP contribution is -1.84. The van der Waals surface area contributed by atoms with Crippen LogP contribution in [0.3, 0.4) is 0 Å². The highest BCUT2D eigenvalue weighted by molar-refractivity contribution is 8.15. The van der Waals surface area contributed by atoms with Crippen molar-refractivity contribution >= 4 is 54.3 Å². The zero-order valence-electron chi connectivity index (χ0n) is 4.84. The molecule has 0 fully saturated rings. The molecule has 62 valence electrons. The first-order valence-corrected chi connectivity index (χ1v) is 6.19. The lowest BCUT2D eigenvalue weighted by Gasteiger charge is -1.87. The van der Waals surface area contributed by atoms with Crippen molar-refractivity contribution in [2.75, 3.05) is 0 Å². The van der Waals surface area contributed by atoms with Gasteiger partial charge >= 0.3 is 0 Å². The van der Waals surface area contributed by atoms with Crippen molar-refractivity contribution in [2.45, 2.75) is 4.21 Å². The Hall–Kier alpha value is 0.520. The zero-order valence-corrected chi connectivity index (χ0v) is 8.75. The van der Waals surface area contributed by atoms with E-state index in [-0.39, 0.29) is 9.23 Å². The van der Waals surface area contributed by atoms with Gasteiger partial charge in [0.2, 0.25) is 0 Å².